The maximum atomic E-state index is 13.5. The van der Waals surface area contributed by atoms with Crippen LogP contribution in [-0.4, -0.2) is 28.0 Å². The number of rotatable bonds is 9. The number of thioether (sulfide) groups is 1. The molecule has 0 bridgehead atoms. The van der Waals surface area contributed by atoms with Gasteiger partial charge in [-0.05, 0) is 23.3 Å². The molecule has 6 heteroatoms. The molecule has 1 heterocycles. The highest BCUT2D eigenvalue weighted by atomic mass is 32.2. The van der Waals surface area contributed by atoms with Crippen LogP contribution >= 0.6 is 11.8 Å². The van der Waals surface area contributed by atoms with E-state index in [4.69, 9.17) is 0 Å². The number of nitrogens with zero attached hydrogens (tertiary/aromatic N) is 2. The summed E-state index contributed by atoms with van der Waals surface area (Å²) >= 11 is 1.59. The lowest BCUT2D eigenvalue weighted by atomic mass is 10.2. The first-order chi connectivity index (χ1) is 13.7. The maximum Gasteiger partial charge on any atom is 0.244 e. The molecule has 0 saturated heterocycles. The van der Waals surface area contributed by atoms with Gasteiger partial charge >= 0.3 is 0 Å². The second-order valence-corrected chi connectivity index (χ2v) is 7.33. The molecule has 0 aliphatic rings. The summed E-state index contributed by atoms with van der Waals surface area (Å²) in [5.41, 5.74) is 2.73. The van der Waals surface area contributed by atoms with Crippen LogP contribution < -0.4 is 5.32 Å². The van der Waals surface area contributed by atoms with Crippen molar-refractivity contribution < 1.29 is 9.18 Å². The van der Waals surface area contributed by atoms with Crippen LogP contribution in [0.15, 0.2) is 73.1 Å². The summed E-state index contributed by atoms with van der Waals surface area (Å²) in [6.45, 7) is 1.23. The highest BCUT2D eigenvalue weighted by Gasteiger charge is 2.01. The van der Waals surface area contributed by atoms with Crippen molar-refractivity contribution in [1.82, 2.24) is 15.1 Å². The summed E-state index contributed by atoms with van der Waals surface area (Å²) in [7, 11) is 0. The molecular weight excluding hydrogens is 373 g/mol. The number of hydrogen-bond donors (Lipinski definition) is 1. The fourth-order valence-electron chi connectivity index (χ4n) is 2.60. The van der Waals surface area contributed by atoms with E-state index in [2.05, 4.69) is 22.5 Å². The van der Waals surface area contributed by atoms with E-state index in [0.29, 0.717) is 24.4 Å². The van der Waals surface area contributed by atoms with Crippen LogP contribution in [0.3, 0.4) is 0 Å². The Morgan fingerprint density at radius 2 is 1.93 bits per heavy atom. The van der Waals surface area contributed by atoms with Crippen molar-refractivity contribution in [1.29, 1.82) is 0 Å². The summed E-state index contributed by atoms with van der Waals surface area (Å²) in [4.78, 5) is 11.9. The van der Waals surface area contributed by atoms with E-state index in [9.17, 15) is 9.18 Å². The van der Waals surface area contributed by atoms with E-state index >= 15 is 0 Å². The molecule has 0 saturated carbocycles. The summed E-state index contributed by atoms with van der Waals surface area (Å²) < 4.78 is 15.4. The zero-order chi connectivity index (χ0) is 19.6. The van der Waals surface area contributed by atoms with Crippen molar-refractivity contribution in [3.8, 4) is 0 Å². The monoisotopic (exact) mass is 395 g/mol. The third kappa shape index (κ3) is 6.39. The molecule has 1 aromatic heterocycles. The van der Waals surface area contributed by atoms with Crippen LogP contribution in [0.5, 0.6) is 0 Å². The number of nitrogens with one attached hydrogen (secondary N) is 1. The molecule has 144 valence electrons. The van der Waals surface area contributed by atoms with Gasteiger partial charge in [0.05, 0.1) is 12.7 Å². The van der Waals surface area contributed by atoms with Crippen molar-refractivity contribution in [2.45, 2.75) is 12.3 Å². The molecule has 0 aliphatic heterocycles. The van der Waals surface area contributed by atoms with Crippen molar-refractivity contribution in [2.75, 3.05) is 12.3 Å². The summed E-state index contributed by atoms with van der Waals surface area (Å²) in [5.74, 6) is 0.985. The molecule has 1 amide bonds. The lowest BCUT2D eigenvalue weighted by Crippen LogP contribution is -2.23. The molecule has 2 aromatic carbocycles. The van der Waals surface area contributed by atoms with Crippen molar-refractivity contribution in [3.05, 3.63) is 95.6 Å². The normalized spacial score (nSPS) is 11.0. The average Bonchev–Trinajstić information content (AvgIpc) is 3.15. The number of benzene rings is 2. The van der Waals surface area contributed by atoms with Gasteiger partial charge in [-0.3, -0.25) is 9.48 Å². The quantitative estimate of drug-likeness (QED) is 0.438. The van der Waals surface area contributed by atoms with Gasteiger partial charge in [-0.25, -0.2) is 4.39 Å². The zero-order valence-corrected chi connectivity index (χ0v) is 16.2. The molecule has 4 nitrogen and oxygen atoms in total. The molecule has 0 unspecified atom stereocenters. The lowest BCUT2D eigenvalue weighted by Gasteiger charge is -2.04. The van der Waals surface area contributed by atoms with Gasteiger partial charge in [0, 0.05) is 35.9 Å². The maximum absolute atomic E-state index is 13.5. The highest BCUT2D eigenvalue weighted by molar-refractivity contribution is 7.98. The van der Waals surface area contributed by atoms with Gasteiger partial charge in [0.25, 0.3) is 0 Å². The van der Waals surface area contributed by atoms with Gasteiger partial charge in [-0.15, -0.1) is 0 Å². The van der Waals surface area contributed by atoms with E-state index in [0.717, 1.165) is 11.3 Å². The fourth-order valence-corrected chi connectivity index (χ4v) is 3.44. The molecule has 0 atom stereocenters. The van der Waals surface area contributed by atoms with E-state index in [-0.39, 0.29) is 11.7 Å². The van der Waals surface area contributed by atoms with Gasteiger partial charge in [-0.1, -0.05) is 48.5 Å². The van der Waals surface area contributed by atoms with Crippen molar-refractivity contribution in [2.24, 2.45) is 0 Å². The lowest BCUT2D eigenvalue weighted by molar-refractivity contribution is -0.116. The SMILES string of the molecule is O=C(/C=C/c1cnn(Cc2ccccc2)c1)NCCSCc1ccccc1F. The van der Waals surface area contributed by atoms with Crippen LogP contribution in [0.1, 0.15) is 16.7 Å². The highest BCUT2D eigenvalue weighted by Crippen LogP contribution is 2.14. The first-order valence-corrected chi connectivity index (χ1v) is 10.2. The molecule has 0 fully saturated rings. The standard InChI is InChI=1S/C22H22FN3OS/c23-21-9-5-4-8-20(21)17-28-13-12-24-22(27)11-10-19-14-25-26(16-19)15-18-6-2-1-3-7-18/h1-11,14,16H,12-13,15,17H2,(H,24,27)/b11-10+. The van der Waals surface area contributed by atoms with Gasteiger partial charge < -0.3 is 5.32 Å². The fraction of sp³-hybridized carbons (Fsp3) is 0.182. The summed E-state index contributed by atoms with van der Waals surface area (Å²) in [6, 6.07) is 16.8. The van der Waals surface area contributed by atoms with Crippen LogP contribution in [-0.2, 0) is 17.1 Å². The van der Waals surface area contributed by atoms with Crippen LogP contribution in [0.25, 0.3) is 6.08 Å². The molecule has 0 aliphatic carbocycles. The Kier molecular flexibility index (Phi) is 7.44. The topological polar surface area (TPSA) is 46.9 Å². The van der Waals surface area contributed by atoms with Crippen LogP contribution in [0, 0.1) is 5.82 Å². The molecule has 0 radical (unpaired) electrons. The first-order valence-electron chi connectivity index (χ1n) is 9.04. The Bertz CT molecular complexity index is 924. The summed E-state index contributed by atoms with van der Waals surface area (Å²) in [5, 5.41) is 7.14. The molecule has 1 N–H and O–H groups in total. The average molecular weight is 396 g/mol. The molecule has 28 heavy (non-hydrogen) atoms. The van der Waals surface area contributed by atoms with Crippen molar-refractivity contribution in [3.63, 3.8) is 0 Å². The number of carbonyl (C=O) groups excluding carboxylic acids is 1. The van der Waals surface area contributed by atoms with Crippen molar-refractivity contribution >= 4 is 23.7 Å². The first kappa shape index (κ1) is 19.9. The molecule has 3 rings (SSSR count). The van der Waals surface area contributed by atoms with Crippen LogP contribution in [0.4, 0.5) is 4.39 Å². The minimum absolute atomic E-state index is 0.151. The predicted molar refractivity (Wildman–Crippen MR) is 112 cm³/mol. The number of carbonyl (C=O) groups is 1. The number of aromatic nitrogens is 2. The van der Waals surface area contributed by atoms with Gasteiger partial charge in [0.15, 0.2) is 0 Å². The Morgan fingerprint density at radius 3 is 2.75 bits per heavy atom. The Labute approximate surface area is 168 Å². The molecule has 3 aromatic rings. The van der Waals surface area contributed by atoms with E-state index in [1.54, 1.807) is 36.2 Å². The van der Waals surface area contributed by atoms with Gasteiger partial charge in [0.2, 0.25) is 5.91 Å². The minimum atomic E-state index is -0.185. The largest absolute Gasteiger partial charge is 0.352 e. The van der Waals surface area contributed by atoms with Gasteiger partial charge in [0.1, 0.15) is 5.82 Å². The number of halogens is 1. The molecule has 0 spiro atoms. The third-order valence-electron chi connectivity index (χ3n) is 4.03. The van der Waals surface area contributed by atoms with E-state index in [1.807, 2.05) is 35.1 Å². The Balaban J connectivity index is 1.36. The van der Waals surface area contributed by atoms with Gasteiger partial charge in [-0.2, -0.15) is 16.9 Å². The van der Waals surface area contributed by atoms with E-state index < -0.39 is 0 Å². The Morgan fingerprint density at radius 1 is 1.14 bits per heavy atom. The second-order valence-electron chi connectivity index (χ2n) is 6.23. The molecular formula is C22H22FN3OS. The predicted octanol–water partition coefficient (Wildman–Crippen LogP) is 4.13. The number of amides is 1. The summed E-state index contributed by atoms with van der Waals surface area (Å²) in [6.07, 6.45) is 6.89. The van der Waals surface area contributed by atoms with Crippen LogP contribution in [0.2, 0.25) is 0 Å². The second kappa shape index (κ2) is 10.5. The van der Waals surface area contributed by atoms with E-state index in [1.165, 1.54) is 17.7 Å². The minimum Gasteiger partial charge on any atom is -0.352 e. The smallest absolute Gasteiger partial charge is 0.244 e. The number of hydrogen-bond acceptors (Lipinski definition) is 3. The zero-order valence-electron chi connectivity index (χ0n) is 15.4. The third-order valence-corrected chi connectivity index (χ3v) is 5.04. The Hall–Kier alpha value is -2.86.